The Morgan fingerprint density at radius 3 is 1.12 bits per heavy atom. The first-order valence-electron chi connectivity index (χ1n) is 38.3. The van der Waals surface area contributed by atoms with Gasteiger partial charge in [0.25, 0.3) is 11.4 Å². The normalized spacial score (nSPS) is 11.4. The topological polar surface area (TPSA) is 127 Å². The zero-order valence-electron chi connectivity index (χ0n) is 62.8. The van der Waals surface area contributed by atoms with Crippen molar-refractivity contribution >= 4 is 197 Å². The van der Waals surface area contributed by atoms with E-state index in [4.69, 9.17) is 0 Å². The molecule has 0 bridgehead atoms. The fourth-order valence-electron chi connectivity index (χ4n) is 15.9. The van der Waals surface area contributed by atoms with E-state index in [0.29, 0.717) is 11.1 Å². The maximum Gasteiger partial charge on any atom is 0.495 e. The molecule has 0 fully saturated rings. The molecule has 3 heterocycles. The first kappa shape index (κ1) is 75.7. The second-order valence-corrected chi connectivity index (χ2v) is 35.2. The van der Waals surface area contributed by atoms with Crippen molar-refractivity contribution in [2.75, 3.05) is 0 Å². The number of nitrogens with zero attached hydrogens (tertiary/aromatic N) is 2. The Hall–Kier alpha value is -12.7. The Balaban J connectivity index is 0.000000103. The van der Waals surface area contributed by atoms with Crippen LogP contribution in [0.3, 0.4) is 0 Å². The van der Waals surface area contributed by atoms with Gasteiger partial charge in [-0.2, -0.15) is 0 Å². The molecule has 0 unspecified atom stereocenters. The number of nitro benzene ring substituents is 2. The summed E-state index contributed by atoms with van der Waals surface area (Å²) in [7, 11) is -2.31. The summed E-state index contributed by atoms with van der Waals surface area (Å²) < 4.78 is 9.32. The first-order chi connectivity index (χ1) is 57.4. The van der Waals surface area contributed by atoms with E-state index in [1.807, 2.05) is 102 Å². The molecule has 8 nitrogen and oxygen atoms in total. The lowest BCUT2D eigenvalue weighted by atomic mass is 9.77. The minimum absolute atomic E-state index is 0.110. The van der Waals surface area contributed by atoms with Crippen LogP contribution in [0.5, 0.6) is 0 Å². The fourth-order valence-corrected chi connectivity index (χ4v) is 22.1. The quantitative estimate of drug-likeness (QED) is 0.0462. The van der Waals surface area contributed by atoms with Gasteiger partial charge in [-0.3, -0.25) is 20.2 Å². The Kier molecular flexibility index (Phi) is 21.8. The highest BCUT2D eigenvalue weighted by molar-refractivity contribution is 14.1. The van der Waals surface area contributed by atoms with E-state index in [1.54, 1.807) is 23.5 Å². The predicted octanol–water partition coefficient (Wildman–Crippen LogP) is 27.1. The number of halogens is 1. The summed E-state index contributed by atoms with van der Waals surface area (Å²) in [6, 6.07) is 136. The third-order valence-electron chi connectivity index (χ3n) is 21.4. The van der Waals surface area contributed by atoms with Crippen LogP contribution in [0.15, 0.2) is 394 Å². The molecule has 18 aromatic carbocycles. The van der Waals surface area contributed by atoms with Crippen LogP contribution >= 0.6 is 64.5 Å². The standard InChI is InChI=1S/C29H18S.C28H17NO2S.C18H15P.C16H9IS.C12H10BNO4/c1-2-6-18(7-3-1)19-10-11-20-14-22-17-26-21(16-25(22)24(20)15-19)12-13-28-29(26)23-8-4-5-9-27(23)30-28;30-29(31)25-14-11-19(18-6-2-1-3-7-18)17-24(25)21-10-13-22-20(16-21)12-15-27-28(22)23-8-4-5-9-26(23)32-27;1-4-10-16(11-5-1)19(17-12-6-2-7-13-17)18-14-8-3-9-15-18;17-11-6-7-12-10(9-11)5-8-15-16(12)13-3-1-2-4-14(13)18-15;15-13(16)11-8-10(6-7-12(11)14(17)18)9-4-2-1-3-5-9/h1-13,15-17H,14H2;1-17H;1-15H;1-9H;1-8,15-16H. The largest absolute Gasteiger partial charge is 0.495 e. The average molecular weight is 1700 g/mol. The summed E-state index contributed by atoms with van der Waals surface area (Å²) in [5.41, 5.74) is 13.0. The van der Waals surface area contributed by atoms with E-state index < -0.39 is 20.0 Å². The SMILES string of the molecule is Ic1ccc2c(ccc3sc4ccccc4c32)c1.O=[N+]([O-])c1ccc(-c2ccccc2)cc1-c1ccc2c(ccc3sc4ccccc4c32)c1.O=[N+]([O-])c1ccc(-c2ccccc2)cc1B(O)O.c1ccc(-c2ccc3c(c2)-c2cc4ccc5sc6ccccc6c5c4cc2C3)cc1.c1ccc(P(c2ccccc2)c2ccccc2)cc1. The van der Waals surface area contributed by atoms with Crippen LogP contribution in [0.1, 0.15) is 11.1 Å². The number of hydrogen-bond acceptors (Lipinski definition) is 9. The van der Waals surface area contributed by atoms with Gasteiger partial charge >= 0.3 is 7.12 Å². The van der Waals surface area contributed by atoms with Gasteiger partial charge in [0.1, 0.15) is 0 Å². The molecule has 1 aliphatic carbocycles. The van der Waals surface area contributed by atoms with E-state index in [2.05, 4.69) is 314 Å². The highest BCUT2D eigenvalue weighted by Gasteiger charge is 2.26. The molecule has 0 saturated heterocycles. The molecule has 0 aliphatic heterocycles. The van der Waals surface area contributed by atoms with Gasteiger partial charge in [-0.1, -0.05) is 285 Å². The molecule has 22 rings (SSSR count). The summed E-state index contributed by atoms with van der Waals surface area (Å²) in [6.45, 7) is 0. The van der Waals surface area contributed by atoms with E-state index in [1.165, 1.54) is 152 Å². The van der Waals surface area contributed by atoms with Gasteiger partial charge in [-0.15, -0.1) is 34.0 Å². The Morgan fingerprint density at radius 1 is 0.291 bits per heavy atom. The van der Waals surface area contributed by atoms with Crippen LogP contribution in [0.4, 0.5) is 11.4 Å². The number of benzene rings is 18. The number of rotatable bonds is 10. The van der Waals surface area contributed by atoms with Crippen LogP contribution in [-0.2, 0) is 6.42 Å². The van der Waals surface area contributed by atoms with Gasteiger partial charge in [0.05, 0.1) is 20.9 Å². The minimum Gasteiger partial charge on any atom is -0.423 e. The monoisotopic (exact) mass is 1690 g/mol. The van der Waals surface area contributed by atoms with Gasteiger partial charge in [-0.05, 0) is 243 Å². The minimum atomic E-state index is -1.87. The molecular weight excluding hydrogens is 1630 g/mol. The second-order valence-electron chi connectivity index (χ2n) is 28.5. The Labute approximate surface area is 702 Å². The van der Waals surface area contributed by atoms with Gasteiger partial charge in [0.2, 0.25) is 0 Å². The molecule has 0 radical (unpaired) electrons. The molecular formula is C103H69BIN2O6PS3. The van der Waals surface area contributed by atoms with Crippen molar-refractivity contribution in [3.63, 3.8) is 0 Å². The highest BCUT2D eigenvalue weighted by Crippen LogP contribution is 2.47. The van der Waals surface area contributed by atoms with Crippen molar-refractivity contribution < 1.29 is 19.9 Å². The van der Waals surface area contributed by atoms with Crippen molar-refractivity contribution in [3.05, 3.63) is 429 Å². The van der Waals surface area contributed by atoms with Gasteiger partial charge in [0.15, 0.2) is 0 Å². The highest BCUT2D eigenvalue weighted by atomic mass is 127. The smallest absolute Gasteiger partial charge is 0.423 e. The van der Waals surface area contributed by atoms with Crippen molar-refractivity contribution in [3.8, 4) is 55.6 Å². The molecule has 0 amide bonds. The van der Waals surface area contributed by atoms with Crippen molar-refractivity contribution in [1.29, 1.82) is 0 Å². The Morgan fingerprint density at radius 2 is 0.658 bits per heavy atom. The van der Waals surface area contributed by atoms with Crippen molar-refractivity contribution in [2.24, 2.45) is 0 Å². The van der Waals surface area contributed by atoms with Gasteiger partial charge in [0, 0.05) is 76.2 Å². The molecule has 560 valence electrons. The second kappa shape index (κ2) is 33.7. The van der Waals surface area contributed by atoms with Crippen LogP contribution in [0, 0.1) is 23.8 Å². The van der Waals surface area contributed by atoms with E-state index in [0.717, 1.165) is 34.1 Å². The maximum atomic E-state index is 11.8. The zero-order valence-corrected chi connectivity index (χ0v) is 68.3. The Bertz CT molecular complexity index is 7210. The molecule has 117 heavy (non-hydrogen) atoms. The van der Waals surface area contributed by atoms with Crippen LogP contribution in [0.25, 0.3) is 148 Å². The number of fused-ring (bicyclic) bond motifs is 18. The summed E-state index contributed by atoms with van der Waals surface area (Å²) in [6.07, 6.45) is 1.02. The van der Waals surface area contributed by atoms with Crippen LogP contribution in [0.2, 0.25) is 0 Å². The average Bonchev–Trinajstić information content (AvgIpc) is 1.56. The van der Waals surface area contributed by atoms with Crippen LogP contribution in [-0.4, -0.2) is 27.0 Å². The number of thiophene rings is 3. The van der Waals surface area contributed by atoms with E-state index in [-0.39, 0.29) is 21.8 Å². The molecule has 2 N–H and O–H groups in total. The van der Waals surface area contributed by atoms with Crippen molar-refractivity contribution in [1.82, 2.24) is 0 Å². The molecule has 1 aliphatic rings. The molecule has 0 saturated carbocycles. The first-order valence-corrected chi connectivity index (χ1v) is 43.2. The van der Waals surface area contributed by atoms with E-state index in [9.17, 15) is 30.3 Å². The molecule has 0 spiro atoms. The summed E-state index contributed by atoms with van der Waals surface area (Å²) in [5, 5.41) is 60.9. The number of nitro groups is 2. The maximum absolute atomic E-state index is 11.8. The van der Waals surface area contributed by atoms with Gasteiger partial charge in [-0.25, -0.2) is 0 Å². The van der Waals surface area contributed by atoms with Crippen molar-refractivity contribution in [2.45, 2.75) is 6.42 Å². The third-order valence-corrected chi connectivity index (χ3v) is 27.9. The molecule has 14 heteroatoms. The summed E-state index contributed by atoms with van der Waals surface area (Å²) >= 11 is 7.94. The lowest BCUT2D eigenvalue weighted by Gasteiger charge is -2.18. The summed E-state index contributed by atoms with van der Waals surface area (Å²) in [5.74, 6) is 0. The third kappa shape index (κ3) is 15.7. The molecule has 21 aromatic rings. The summed E-state index contributed by atoms with van der Waals surface area (Å²) in [4.78, 5) is 21.6. The lowest BCUT2D eigenvalue weighted by molar-refractivity contribution is -0.384. The van der Waals surface area contributed by atoms with E-state index >= 15 is 0 Å². The molecule has 0 atom stereocenters. The predicted molar refractivity (Wildman–Crippen MR) is 508 cm³/mol. The zero-order chi connectivity index (χ0) is 79.5. The lowest BCUT2D eigenvalue weighted by Crippen LogP contribution is -2.32. The number of hydrogen-bond donors (Lipinski definition) is 2. The fraction of sp³-hybridized carbons (Fsp3) is 0.00971. The molecule has 3 aromatic heterocycles. The van der Waals surface area contributed by atoms with Crippen LogP contribution < -0.4 is 21.4 Å². The van der Waals surface area contributed by atoms with Gasteiger partial charge < -0.3 is 10.0 Å².